The van der Waals surface area contributed by atoms with Crippen LogP contribution in [0.15, 0.2) is 0 Å². The van der Waals surface area contributed by atoms with E-state index in [0.717, 1.165) is 26.1 Å². The first-order valence-corrected chi connectivity index (χ1v) is 7.15. The third-order valence-electron chi connectivity index (χ3n) is 4.32. The number of ether oxygens (including phenoxy) is 1. The van der Waals surface area contributed by atoms with Gasteiger partial charge >= 0.3 is 0 Å². The summed E-state index contributed by atoms with van der Waals surface area (Å²) >= 11 is 0. The third kappa shape index (κ3) is 4.57. The normalized spacial score (nSPS) is 21.2. The third-order valence-corrected chi connectivity index (χ3v) is 4.32. The summed E-state index contributed by atoms with van der Waals surface area (Å²) in [6.07, 6.45) is 10.5. The Labute approximate surface area is 107 Å². The maximum Gasteiger partial charge on any atom is 0.0474 e. The minimum absolute atomic E-state index is 0.258. The molecule has 0 heterocycles. The van der Waals surface area contributed by atoms with Gasteiger partial charge in [-0.2, -0.15) is 0 Å². The van der Waals surface area contributed by atoms with E-state index in [0.29, 0.717) is 0 Å². The Morgan fingerprint density at radius 3 is 2.24 bits per heavy atom. The van der Waals surface area contributed by atoms with Crippen molar-refractivity contribution in [1.82, 2.24) is 4.90 Å². The Hall–Kier alpha value is -0.120. The second-order valence-corrected chi connectivity index (χ2v) is 5.46. The van der Waals surface area contributed by atoms with Crippen LogP contribution in [-0.2, 0) is 4.74 Å². The fraction of sp³-hybridized carbons (Fsp3) is 1.00. The fourth-order valence-corrected chi connectivity index (χ4v) is 2.99. The highest BCUT2D eigenvalue weighted by Crippen LogP contribution is 2.30. The lowest BCUT2D eigenvalue weighted by Crippen LogP contribution is -2.52. The average Bonchev–Trinajstić information content (AvgIpc) is 2.30. The van der Waals surface area contributed by atoms with Gasteiger partial charge < -0.3 is 10.5 Å². The molecule has 2 N–H and O–H groups in total. The highest BCUT2D eigenvalue weighted by atomic mass is 16.5. The number of hydrogen-bond acceptors (Lipinski definition) is 3. The molecule has 0 saturated heterocycles. The van der Waals surface area contributed by atoms with Gasteiger partial charge in [-0.1, -0.05) is 32.1 Å². The van der Waals surface area contributed by atoms with E-state index in [-0.39, 0.29) is 5.54 Å². The monoisotopic (exact) mass is 242 g/mol. The SMILES string of the molecule is COCCCN(C)C1(CN)CCCCCCC1. The fourth-order valence-electron chi connectivity index (χ4n) is 2.99. The van der Waals surface area contributed by atoms with Crippen molar-refractivity contribution >= 4 is 0 Å². The molecule has 3 heteroatoms. The van der Waals surface area contributed by atoms with Crippen molar-refractivity contribution in [1.29, 1.82) is 0 Å². The lowest BCUT2D eigenvalue weighted by atomic mass is 9.82. The number of nitrogens with two attached hydrogens (primary N) is 1. The van der Waals surface area contributed by atoms with Crippen molar-refractivity contribution in [2.75, 3.05) is 33.9 Å². The number of nitrogens with zero attached hydrogens (tertiary/aromatic N) is 1. The number of hydrogen-bond donors (Lipinski definition) is 1. The zero-order chi connectivity index (χ0) is 12.6. The van der Waals surface area contributed by atoms with E-state index in [2.05, 4.69) is 11.9 Å². The molecule has 0 aromatic rings. The summed E-state index contributed by atoms with van der Waals surface area (Å²) in [5, 5.41) is 0. The van der Waals surface area contributed by atoms with Gasteiger partial charge in [-0.3, -0.25) is 4.90 Å². The van der Waals surface area contributed by atoms with Gasteiger partial charge in [-0.05, 0) is 26.3 Å². The van der Waals surface area contributed by atoms with E-state index < -0.39 is 0 Å². The Morgan fingerprint density at radius 1 is 1.12 bits per heavy atom. The first-order valence-electron chi connectivity index (χ1n) is 7.15. The van der Waals surface area contributed by atoms with Gasteiger partial charge in [0.2, 0.25) is 0 Å². The zero-order valence-corrected chi connectivity index (χ0v) is 11.7. The first kappa shape index (κ1) is 14.9. The molecule has 102 valence electrons. The molecule has 0 aromatic carbocycles. The van der Waals surface area contributed by atoms with Gasteiger partial charge in [-0.15, -0.1) is 0 Å². The molecule has 0 aromatic heterocycles. The van der Waals surface area contributed by atoms with Crippen molar-refractivity contribution in [2.45, 2.75) is 56.9 Å². The molecule has 0 amide bonds. The van der Waals surface area contributed by atoms with E-state index in [1.54, 1.807) is 7.11 Å². The lowest BCUT2D eigenvalue weighted by molar-refractivity contribution is 0.0814. The summed E-state index contributed by atoms with van der Waals surface area (Å²) in [6, 6.07) is 0. The molecule has 1 rings (SSSR count). The van der Waals surface area contributed by atoms with Crippen LogP contribution in [-0.4, -0.2) is 44.3 Å². The summed E-state index contributed by atoms with van der Waals surface area (Å²) in [4.78, 5) is 2.50. The molecule has 0 unspecified atom stereocenters. The zero-order valence-electron chi connectivity index (χ0n) is 11.7. The van der Waals surface area contributed by atoms with Gasteiger partial charge in [0, 0.05) is 32.3 Å². The van der Waals surface area contributed by atoms with Crippen LogP contribution < -0.4 is 5.73 Å². The molecule has 17 heavy (non-hydrogen) atoms. The number of methoxy groups -OCH3 is 1. The van der Waals surface area contributed by atoms with Gasteiger partial charge in [0.05, 0.1) is 0 Å². The van der Waals surface area contributed by atoms with Crippen LogP contribution in [0.5, 0.6) is 0 Å². The van der Waals surface area contributed by atoms with Crippen LogP contribution in [0.4, 0.5) is 0 Å². The molecule has 0 atom stereocenters. The maximum atomic E-state index is 6.09. The predicted molar refractivity (Wildman–Crippen MR) is 73.2 cm³/mol. The summed E-state index contributed by atoms with van der Waals surface area (Å²) in [5.41, 5.74) is 6.35. The van der Waals surface area contributed by atoms with E-state index in [1.165, 1.54) is 44.9 Å². The quantitative estimate of drug-likeness (QED) is 0.727. The van der Waals surface area contributed by atoms with Crippen LogP contribution >= 0.6 is 0 Å². The maximum absolute atomic E-state index is 6.09. The molecular weight excluding hydrogens is 212 g/mol. The van der Waals surface area contributed by atoms with Crippen molar-refractivity contribution in [3.63, 3.8) is 0 Å². The molecule has 1 aliphatic carbocycles. The van der Waals surface area contributed by atoms with Crippen LogP contribution in [0.25, 0.3) is 0 Å². The smallest absolute Gasteiger partial charge is 0.0474 e. The number of rotatable bonds is 6. The molecule has 1 fully saturated rings. The molecule has 1 saturated carbocycles. The Balaban J connectivity index is 2.50. The largest absolute Gasteiger partial charge is 0.385 e. The first-order chi connectivity index (χ1) is 8.25. The topological polar surface area (TPSA) is 38.5 Å². The van der Waals surface area contributed by atoms with Crippen LogP contribution in [0.3, 0.4) is 0 Å². The second kappa shape index (κ2) is 8.06. The highest BCUT2D eigenvalue weighted by molar-refractivity contribution is 4.91. The van der Waals surface area contributed by atoms with Gasteiger partial charge in [0.25, 0.3) is 0 Å². The Morgan fingerprint density at radius 2 is 1.71 bits per heavy atom. The van der Waals surface area contributed by atoms with Crippen LogP contribution in [0, 0.1) is 0 Å². The van der Waals surface area contributed by atoms with Crippen molar-refractivity contribution in [2.24, 2.45) is 5.73 Å². The van der Waals surface area contributed by atoms with E-state index in [9.17, 15) is 0 Å². The predicted octanol–water partition coefficient (Wildman–Crippen LogP) is 2.40. The van der Waals surface area contributed by atoms with Crippen molar-refractivity contribution < 1.29 is 4.74 Å². The lowest BCUT2D eigenvalue weighted by Gasteiger charge is -2.42. The summed E-state index contributed by atoms with van der Waals surface area (Å²) in [6.45, 7) is 2.76. The molecule has 0 bridgehead atoms. The molecule has 3 nitrogen and oxygen atoms in total. The Kier molecular flexibility index (Phi) is 7.09. The molecule has 1 aliphatic rings. The molecule has 0 radical (unpaired) electrons. The summed E-state index contributed by atoms with van der Waals surface area (Å²) in [5.74, 6) is 0. The second-order valence-electron chi connectivity index (χ2n) is 5.46. The highest BCUT2D eigenvalue weighted by Gasteiger charge is 2.32. The van der Waals surface area contributed by atoms with E-state index >= 15 is 0 Å². The minimum Gasteiger partial charge on any atom is -0.385 e. The standard InChI is InChI=1S/C14H30N2O/c1-16(11-8-12-17-2)14(13-15)9-6-4-3-5-7-10-14/h3-13,15H2,1-2H3. The Bertz CT molecular complexity index is 189. The average molecular weight is 242 g/mol. The van der Waals surface area contributed by atoms with Crippen LogP contribution in [0.1, 0.15) is 51.4 Å². The van der Waals surface area contributed by atoms with E-state index in [1.807, 2.05) is 0 Å². The van der Waals surface area contributed by atoms with Crippen molar-refractivity contribution in [3.05, 3.63) is 0 Å². The van der Waals surface area contributed by atoms with Gasteiger partial charge in [-0.25, -0.2) is 0 Å². The van der Waals surface area contributed by atoms with Gasteiger partial charge in [0.1, 0.15) is 0 Å². The molecule has 0 spiro atoms. The molecular formula is C14H30N2O. The van der Waals surface area contributed by atoms with Gasteiger partial charge in [0.15, 0.2) is 0 Å². The summed E-state index contributed by atoms with van der Waals surface area (Å²) in [7, 11) is 4.01. The number of likely N-dealkylation sites (N-methyl/N-ethyl adjacent to an activating group) is 1. The minimum atomic E-state index is 0.258. The van der Waals surface area contributed by atoms with Crippen LogP contribution in [0.2, 0.25) is 0 Å². The van der Waals surface area contributed by atoms with E-state index in [4.69, 9.17) is 10.5 Å². The van der Waals surface area contributed by atoms with Crippen molar-refractivity contribution in [3.8, 4) is 0 Å². The molecule has 0 aliphatic heterocycles. The summed E-state index contributed by atoms with van der Waals surface area (Å²) < 4.78 is 5.13.